The zero-order chi connectivity index (χ0) is 13.9. The van der Waals surface area contributed by atoms with Gasteiger partial charge in [-0.1, -0.05) is 19.8 Å². The van der Waals surface area contributed by atoms with Gasteiger partial charge in [-0.05, 0) is 18.9 Å². The van der Waals surface area contributed by atoms with Crippen molar-refractivity contribution in [3.8, 4) is 0 Å². The molecule has 3 nitrogen and oxygen atoms in total. The highest BCUT2D eigenvalue weighted by molar-refractivity contribution is 8.07. The van der Waals surface area contributed by atoms with E-state index in [1.165, 1.54) is 31.4 Å². The van der Waals surface area contributed by atoms with E-state index >= 15 is 0 Å². The van der Waals surface area contributed by atoms with Crippen LogP contribution in [0.25, 0.3) is 0 Å². The first-order valence-electron chi connectivity index (χ1n) is 7.54. The first kappa shape index (κ1) is 14.5. The van der Waals surface area contributed by atoms with Crippen LogP contribution in [0.4, 0.5) is 0 Å². The SMILES string of the molecule is CC1SCCSC1C(=O)Cc1ccn(C2CCCC2)n1. The maximum Gasteiger partial charge on any atom is 0.152 e. The van der Waals surface area contributed by atoms with Crippen LogP contribution in [0, 0.1) is 0 Å². The molecule has 1 aromatic rings. The van der Waals surface area contributed by atoms with E-state index in [0.717, 1.165) is 11.4 Å². The number of hydrogen-bond acceptors (Lipinski definition) is 4. The normalized spacial score (nSPS) is 27.9. The maximum absolute atomic E-state index is 12.4. The molecule has 0 bridgehead atoms. The van der Waals surface area contributed by atoms with Gasteiger partial charge in [-0.15, -0.1) is 11.8 Å². The molecule has 0 amide bonds. The third kappa shape index (κ3) is 3.25. The largest absolute Gasteiger partial charge is 0.298 e. The highest BCUT2D eigenvalue weighted by Gasteiger charge is 2.29. The molecule has 2 fully saturated rings. The zero-order valence-corrected chi connectivity index (χ0v) is 13.6. The van der Waals surface area contributed by atoms with Gasteiger partial charge in [0.15, 0.2) is 5.78 Å². The summed E-state index contributed by atoms with van der Waals surface area (Å²) in [6, 6.07) is 2.60. The minimum Gasteiger partial charge on any atom is -0.298 e. The van der Waals surface area contributed by atoms with Crippen molar-refractivity contribution in [1.82, 2.24) is 9.78 Å². The summed E-state index contributed by atoms with van der Waals surface area (Å²) in [7, 11) is 0. The van der Waals surface area contributed by atoms with E-state index in [1.807, 2.05) is 29.6 Å². The number of hydrogen-bond donors (Lipinski definition) is 0. The van der Waals surface area contributed by atoms with Crippen LogP contribution in [0.1, 0.15) is 44.3 Å². The van der Waals surface area contributed by atoms with Crippen LogP contribution in [0.5, 0.6) is 0 Å². The second-order valence-electron chi connectivity index (χ2n) is 5.74. The van der Waals surface area contributed by atoms with Gasteiger partial charge in [0.1, 0.15) is 0 Å². The number of carbonyl (C=O) groups excluding carboxylic acids is 1. The van der Waals surface area contributed by atoms with Crippen molar-refractivity contribution in [2.24, 2.45) is 0 Å². The van der Waals surface area contributed by atoms with Crippen LogP contribution in [-0.2, 0) is 11.2 Å². The fraction of sp³-hybridized carbons (Fsp3) is 0.733. The maximum atomic E-state index is 12.4. The van der Waals surface area contributed by atoms with Gasteiger partial charge < -0.3 is 0 Å². The van der Waals surface area contributed by atoms with Crippen LogP contribution in [0.3, 0.4) is 0 Å². The first-order valence-corrected chi connectivity index (χ1v) is 9.64. The molecule has 1 aliphatic heterocycles. The van der Waals surface area contributed by atoms with E-state index in [2.05, 4.69) is 22.9 Å². The molecular weight excluding hydrogens is 288 g/mol. The molecule has 5 heteroatoms. The monoisotopic (exact) mass is 310 g/mol. The summed E-state index contributed by atoms with van der Waals surface area (Å²) < 4.78 is 2.09. The molecule has 2 heterocycles. The summed E-state index contributed by atoms with van der Waals surface area (Å²) in [6.07, 6.45) is 7.66. The molecular formula is C15H22N2OS2. The van der Waals surface area contributed by atoms with Crippen molar-refractivity contribution in [2.45, 2.75) is 55.6 Å². The molecule has 3 rings (SSSR count). The fourth-order valence-corrected chi connectivity index (χ4v) is 5.84. The summed E-state index contributed by atoms with van der Waals surface area (Å²) in [5, 5.41) is 5.23. The van der Waals surface area contributed by atoms with Crippen molar-refractivity contribution >= 4 is 29.3 Å². The Morgan fingerprint density at radius 2 is 2.10 bits per heavy atom. The van der Waals surface area contributed by atoms with Gasteiger partial charge in [0, 0.05) is 23.0 Å². The lowest BCUT2D eigenvalue weighted by Crippen LogP contribution is -2.32. The fourth-order valence-electron chi connectivity index (χ4n) is 3.11. The molecule has 0 radical (unpaired) electrons. The standard InChI is InChI=1S/C15H22N2OS2/c1-11-15(20-9-8-19-11)14(18)10-12-6-7-17(16-12)13-4-2-3-5-13/h6-7,11,13,15H,2-5,8-10H2,1H3. The smallest absolute Gasteiger partial charge is 0.152 e. The lowest BCUT2D eigenvalue weighted by molar-refractivity contribution is -0.117. The molecule has 2 atom stereocenters. The lowest BCUT2D eigenvalue weighted by Gasteiger charge is -2.26. The average molecular weight is 310 g/mol. The topological polar surface area (TPSA) is 34.9 Å². The van der Waals surface area contributed by atoms with Gasteiger partial charge in [0.25, 0.3) is 0 Å². The predicted molar refractivity (Wildman–Crippen MR) is 86.6 cm³/mol. The van der Waals surface area contributed by atoms with Gasteiger partial charge in [0.2, 0.25) is 0 Å². The van der Waals surface area contributed by atoms with Crippen molar-refractivity contribution in [3.05, 3.63) is 18.0 Å². The summed E-state index contributed by atoms with van der Waals surface area (Å²) in [5.41, 5.74) is 0.949. The zero-order valence-electron chi connectivity index (χ0n) is 12.0. The predicted octanol–water partition coefficient (Wildman–Crippen LogP) is 3.35. The van der Waals surface area contributed by atoms with Crippen molar-refractivity contribution in [1.29, 1.82) is 0 Å². The second kappa shape index (κ2) is 6.56. The molecule has 0 N–H and O–H groups in total. The lowest BCUT2D eigenvalue weighted by atomic mass is 10.1. The van der Waals surface area contributed by atoms with Crippen molar-refractivity contribution in [3.63, 3.8) is 0 Å². The van der Waals surface area contributed by atoms with Gasteiger partial charge in [-0.25, -0.2) is 0 Å². The Hall–Kier alpha value is -0.420. The summed E-state index contributed by atoms with van der Waals surface area (Å²) >= 11 is 3.75. The molecule has 1 saturated carbocycles. The number of thioether (sulfide) groups is 2. The van der Waals surface area contributed by atoms with E-state index in [1.54, 1.807) is 0 Å². The van der Waals surface area contributed by atoms with Crippen molar-refractivity contribution in [2.75, 3.05) is 11.5 Å². The molecule has 0 spiro atoms. The molecule has 2 unspecified atom stereocenters. The number of aromatic nitrogens is 2. The van der Waals surface area contributed by atoms with E-state index in [4.69, 9.17) is 0 Å². The van der Waals surface area contributed by atoms with Crippen molar-refractivity contribution < 1.29 is 4.79 Å². The van der Waals surface area contributed by atoms with Crippen LogP contribution in [0.2, 0.25) is 0 Å². The molecule has 0 aromatic carbocycles. The number of carbonyl (C=O) groups is 1. The minimum atomic E-state index is 0.158. The number of rotatable bonds is 4. The van der Waals surface area contributed by atoms with E-state index < -0.39 is 0 Å². The first-order chi connectivity index (χ1) is 9.74. The number of nitrogens with zero attached hydrogens (tertiary/aromatic N) is 2. The third-order valence-corrected chi connectivity index (χ3v) is 7.36. The molecule has 110 valence electrons. The summed E-state index contributed by atoms with van der Waals surface area (Å²) in [5.74, 6) is 2.62. The summed E-state index contributed by atoms with van der Waals surface area (Å²) in [6.45, 7) is 2.18. The van der Waals surface area contributed by atoms with Crippen LogP contribution in [0.15, 0.2) is 12.3 Å². The number of ketones is 1. The van der Waals surface area contributed by atoms with Crippen LogP contribution < -0.4 is 0 Å². The number of Topliss-reactive ketones (excluding diaryl/α,β-unsaturated/α-hetero) is 1. The third-order valence-electron chi connectivity index (χ3n) is 4.22. The Labute approximate surface area is 129 Å². The summed E-state index contributed by atoms with van der Waals surface area (Å²) in [4.78, 5) is 12.4. The Bertz CT molecular complexity index is 468. The Kier molecular flexibility index (Phi) is 4.76. The van der Waals surface area contributed by atoms with Crippen LogP contribution in [-0.4, -0.2) is 37.6 Å². The molecule has 1 aromatic heterocycles. The van der Waals surface area contributed by atoms with Gasteiger partial charge in [-0.3, -0.25) is 9.48 Å². The molecule has 1 saturated heterocycles. The van der Waals surface area contributed by atoms with E-state index in [9.17, 15) is 4.79 Å². The minimum absolute atomic E-state index is 0.158. The van der Waals surface area contributed by atoms with E-state index in [0.29, 0.717) is 23.5 Å². The average Bonchev–Trinajstić information content (AvgIpc) is 3.09. The molecule has 20 heavy (non-hydrogen) atoms. The highest BCUT2D eigenvalue weighted by atomic mass is 32.2. The van der Waals surface area contributed by atoms with Gasteiger partial charge >= 0.3 is 0 Å². The molecule has 1 aliphatic carbocycles. The van der Waals surface area contributed by atoms with Gasteiger partial charge in [0.05, 0.1) is 23.4 Å². The van der Waals surface area contributed by atoms with Crippen LogP contribution >= 0.6 is 23.5 Å². The molecule has 2 aliphatic rings. The quantitative estimate of drug-likeness (QED) is 0.854. The highest BCUT2D eigenvalue weighted by Crippen LogP contribution is 2.32. The Balaban J connectivity index is 1.60. The Morgan fingerprint density at radius 1 is 1.35 bits per heavy atom. The van der Waals surface area contributed by atoms with E-state index in [-0.39, 0.29) is 5.25 Å². The van der Waals surface area contributed by atoms with Gasteiger partial charge in [-0.2, -0.15) is 16.9 Å². The Morgan fingerprint density at radius 3 is 2.85 bits per heavy atom. The second-order valence-corrected chi connectivity index (χ2v) is 8.47.